The first-order valence-electron chi connectivity index (χ1n) is 8.08. The summed E-state index contributed by atoms with van der Waals surface area (Å²) in [7, 11) is 0. The molecule has 2 unspecified atom stereocenters. The van der Waals surface area contributed by atoms with Crippen LogP contribution < -0.4 is 5.56 Å². The number of halogens is 6. The van der Waals surface area contributed by atoms with E-state index in [1.165, 1.54) is 6.92 Å². The molecule has 2 atom stereocenters. The number of carbonyl (C=O) groups is 1. The van der Waals surface area contributed by atoms with Crippen molar-refractivity contribution in [2.24, 2.45) is 0 Å². The third kappa shape index (κ3) is 4.26. The lowest BCUT2D eigenvalue weighted by Gasteiger charge is -2.14. The second-order valence-electron chi connectivity index (χ2n) is 6.49. The summed E-state index contributed by atoms with van der Waals surface area (Å²) in [5.74, 6) is -1.97. The summed E-state index contributed by atoms with van der Waals surface area (Å²) in [5.41, 5.74) is -3.83. The quantitative estimate of drug-likeness (QED) is 0.558. The maximum Gasteiger partial charge on any atom is 0.416 e. The van der Waals surface area contributed by atoms with Crippen LogP contribution in [0.1, 0.15) is 40.9 Å². The number of nitrogens with zero attached hydrogens (tertiary/aromatic N) is 1. The minimum atomic E-state index is -4.99. The van der Waals surface area contributed by atoms with Gasteiger partial charge in [-0.1, -0.05) is 18.7 Å². The maximum atomic E-state index is 13.0. The maximum absolute atomic E-state index is 13.0. The number of fused-ring (bicyclic) bond motifs is 1. The molecule has 0 saturated carbocycles. The first-order chi connectivity index (χ1) is 13.3. The van der Waals surface area contributed by atoms with E-state index >= 15 is 0 Å². The molecular weight excluding hydrogens is 426 g/mol. The SMILES string of the molecule is CC1c2c(nc(Cc3cc(C(F)(F)F)cc(C(F)(F)F)c3)[nH]c2=O)SC1C(=O)O. The van der Waals surface area contributed by atoms with Gasteiger partial charge in [0.2, 0.25) is 0 Å². The van der Waals surface area contributed by atoms with Gasteiger partial charge in [0.05, 0.1) is 16.7 Å². The van der Waals surface area contributed by atoms with Crippen LogP contribution in [0.15, 0.2) is 28.0 Å². The Kier molecular flexibility index (Phi) is 5.18. The Bertz CT molecular complexity index is 999. The Balaban J connectivity index is 2.02. The van der Waals surface area contributed by atoms with Gasteiger partial charge < -0.3 is 10.1 Å². The molecule has 2 heterocycles. The predicted octanol–water partition coefficient (Wildman–Crippen LogP) is 4.06. The van der Waals surface area contributed by atoms with Crippen LogP contribution in [0.5, 0.6) is 0 Å². The molecule has 1 aliphatic rings. The highest BCUT2D eigenvalue weighted by Crippen LogP contribution is 2.42. The topological polar surface area (TPSA) is 83.0 Å². The molecule has 1 aromatic heterocycles. The van der Waals surface area contributed by atoms with Crippen molar-refractivity contribution in [3.63, 3.8) is 0 Å². The molecule has 0 aliphatic carbocycles. The lowest BCUT2D eigenvalue weighted by molar-refractivity contribution is -0.143. The summed E-state index contributed by atoms with van der Waals surface area (Å²) in [5, 5.41) is 8.34. The summed E-state index contributed by atoms with van der Waals surface area (Å²) in [6.45, 7) is 1.52. The van der Waals surface area contributed by atoms with Gasteiger partial charge >= 0.3 is 18.3 Å². The molecule has 3 rings (SSSR count). The van der Waals surface area contributed by atoms with Crippen molar-refractivity contribution in [1.82, 2.24) is 9.97 Å². The molecule has 5 nitrogen and oxygen atoms in total. The number of nitrogens with one attached hydrogen (secondary N) is 1. The number of hydrogen-bond donors (Lipinski definition) is 2. The fraction of sp³-hybridized carbons (Fsp3) is 0.353. The van der Waals surface area contributed by atoms with E-state index in [0.29, 0.717) is 12.1 Å². The van der Waals surface area contributed by atoms with E-state index in [2.05, 4.69) is 9.97 Å². The monoisotopic (exact) mass is 438 g/mol. The number of alkyl halides is 6. The molecule has 1 aromatic carbocycles. The van der Waals surface area contributed by atoms with Crippen LogP contribution in [0.25, 0.3) is 0 Å². The summed E-state index contributed by atoms with van der Waals surface area (Å²) >= 11 is 0.815. The molecule has 0 amide bonds. The van der Waals surface area contributed by atoms with E-state index in [4.69, 9.17) is 0 Å². The molecule has 0 bridgehead atoms. The van der Waals surface area contributed by atoms with E-state index in [-0.39, 0.29) is 28.0 Å². The van der Waals surface area contributed by atoms with Crippen LogP contribution in [0.3, 0.4) is 0 Å². The van der Waals surface area contributed by atoms with Gasteiger partial charge in [0.15, 0.2) is 0 Å². The largest absolute Gasteiger partial charge is 0.480 e. The smallest absolute Gasteiger partial charge is 0.416 e. The van der Waals surface area contributed by atoms with Crippen molar-refractivity contribution in [2.75, 3.05) is 0 Å². The van der Waals surface area contributed by atoms with E-state index in [1.807, 2.05) is 0 Å². The summed E-state index contributed by atoms with van der Waals surface area (Å²) in [4.78, 5) is 29.9. The molecule has 156 valence electrons. The molecule has 12 heteroatoms. The van der Waals surface area contributed by atoms with Crippen molar-refractivity contribution in [1.29, 1.82) is 0 Å². The van der Waals surface area contributed by atoms with Gasteiger partial charge in [-0.05, 0) is 23.8 Å². The lowest BCUT2D eigenvalue weighted by Crippen LogP contribution is -2.23. The minimum Gasteiger partial charge on any atom is -0.480 e. The summed E-state index contributed by atoms with van der Waals surface area (Å²) in [6, 6.07) is 1.12. The molecule has 29 heavy (non-hydrogen) atoms. The zero-order valence-electron chi connectivity index (χ0n) is 14.5. The average molecular weight is 438 g/mol. The third-order valence-corrected chi connectivity index (χ3v) is 5.78. The number of thioether (sulfide) groups is 1. The number of benzene rings is 1. The van der Waals surface area contributed by atoms with Gasteiger partial charge in [-0.2, -0.15) is 26.3 Å². The number of hydrogen-bond acceptors (Lipinski definition) is 4. The van der Waals surface area contributed by atoms with Crippen LogP contribution >= 0.6 is 11.8 Å². The number of carboxylic acid groups (broad SMARTS) is 1. The Morgan fingerprint density at radius 1 is 1.14 bits per heavy atom. The van der Waals surface area contributed by atoms with Crippen LogP contribution in [-0.2, 0) is 23.6 Å². The molecule has 0 radical (unpaired) electrons. The first-order valence-corrected chi connectivity index (χ1v) is 8.96. The Hall–Kier alpha value is -2.50. The van der Waals surface area contributed by atoms with E-state index in [9.17, 15) is 41.0 Å². The van der Waals surface area contributed by atoms with Crippen LogP contribution in [0.2, 0.25) is 0 Å². The number of aromatic amines is 1. The van der Waals surface area contributed by atoms with Crippen molar-refractivity contribution < 1.29 is 36.2 Å². The zero-order valence-corrected chi connectivity index (χ0v) is 15.3. The lowest BCUT2D eigenvalue weighted by atomic mass is 10.00. The van der Waals surface area contributed by atoms with Crippen molar-refractivity contribution in [2.45, 2.75) is 41.9 Å². The Morgan fingerprint density at radius 3 is 2.17 bits per heavy atom. The van der Waals surface area contributed by atoms with Gasteiger partial charge in [-0.3, -0.25) is 9.59 Å². The molecule has 1 aliphatic heterocycles. The van der Waals surface area contributed by atoms with Gasteiger partial charge in [0.1, 0.15) is 16.1 Å². The van der Waals surface area contributed by atoms with Gasteiger partial charge in [-0.15, -0.1) is 0 Å². The highest BCUT2D eigenvalue weighted by molar-refractivity contribution is 8.00. The van der Waals surface area contributed by atoms with E-state index < -0.39 is 52.6 Å². The standard InChI is InChI=1S/C17H12F6N2O3S/c1-6-11-13(26)24-10(25-14(11)29-12(6)15(27)28)4-7-2-8(16(18,19)20)5-9(3-7)17(21,22)23/h2-3,5-6,12H,4H2,1H3,(H,27,28)(H,24,25,26). The molecule has 2 N–H and O–H groups in total. The van der Waals surface area contributed by atoms with Gasteiger partial charge in [0.25, 0.3) is 5.56 Å². The van der Waals surface area contributed by atoms with Crippen LogP contribution in [-0.4, -0.2) is 26.3 Å². The highest BCUT2D eigenvalue weighted by atomic mass is 32.2. The fourth-order valence-corrected chi connectivity index (χ4v) is 4.28. The van der Waals surface area contributed by atoms with E-state index in [1.54, 1.807) is 0 Å². The van der Waals surface area contributed by atoms with E-state index in [0.717, 1.165) is 11.8 Å². The van der Waals surface area contributed by atoms with Crippen molar-refractivity contribution in [3.8, 4) is 0 Å². The summed E-state index contributed by atoms with van der Waals surface area (Å²) in [6.07, 6.45) is -10.5. The van der Waals surface area contributed by atoms with Crippen molar-refractivity contribution in [3.05, 3.63) is 56.6 Å². The second kappa shape index (κ2) is 7.08. The number of H-pyrrole nitrogens is 1. The molecule has 2 aromatic rings. The molecule has 0 saturated heterocycles. The molecule has 0 spiro atoms. The third-order valence-electron chi connectivity index (χ3n) is 4.38. The first kappa shape index (κ1) is 21.2. The number of aromatic nitrogens is 2. The zero-order chi connectivity index (χ0) is 21.7. The second-order valence-corrected chi connectivity index (χ2v) is 7.62. The van der Waals surface area contributed by atoms with Crippen molar-refractivity contribution >= 4 is 17.7 Å². The van der Waals surface area contributed by atoms with Gasteiger partial charge in [-0.25, -0.2) is 4.98 Å². The van der Waals surface area contributed by atoms with Crippen LogP contribution in [0.4, 0.5) is 26.3 Å². The predicted molar refractivity (Wildman–Crippen MR) is 89.8 cm³/mol. The van der Waals surface area contributed by atoms with Gasteiger partial charge in [0, 0.05) is 12.3 Å². The fourth-order valence-electron chi connectivity index (χ4n) is 3.03. The molecular formula is C17H12F6N2O3S. The minimum absolute atomic E-state index is 0.0113. The van der Waals surface area contributed by atoms with Crippen LogP contribution in [0, 0.1) is 0 Å². The normalized spacial score (nSPS) is 19.3. The summed E-state index contributed by atoms with van der Waals surface area (Å²) < 4.78 is 77.9. The number of carboxylic acids is 1. The number of aliphatic carboxylic acids is 1. The highest BCUT2D eigenvalue weighted by Gasteiger charge is 2.39. The average Bonchev–Trinajstić information content (AvgIpc) is 2.90. The Morgan fingerprint density at radius 2 is 1.69 bits per heavy atom. The Labute approximate surface area is 163 Å². The number of rotatable bonds is 3. The molecule has 0 fully saturated rings.